The number of oxazole rings is 1. The van der Waals surface area contributed by atoms with Crippen molar-refractivity contribution in [2.24, 2.45) is 0 Å². The summed E-state index contributed by atoms with van der Waals surface area (Å²) < 4.78 is 20.8. The van der Waals surface area contributed by atoms with Gasteiger partial charge in [0.05, 0.1) is 11.9 Å². The highest BCUT2D eigenvalue weighted by Gasteiger charge is 2.31. The van der Waals surface area contributed by atoms with Crippen LogP contribution in [0.2, 0.25) is 0 Å². The molecule has 1 saturated heterocycles. The van der Waals surface area contributed by atoms with Crippen molar-refractivity contribution in [3.8, 4) is 0 Å². The molecule has 1 fully saturated rings. The average Bonchev–Trinajstić information content (AvgIpc) is 3.29. The van der Waals surface area contributed by atoms with Gasteiger partial charge in [-0.15, -0.1) is 0 Å². The number of carbonyl (C=O) groups excluding carboxylic acids is 1. The molecule has 1 aliphatic rings. The molecule has 0 unspecified atom stereocenters. The summed E-state index contributed by atoms with van der Waals surface area (Å²) in [6.07, 6.45) is 5.09. The SMILES string of the molecule is Cc1cc(C)n(CC(=O)N2CCCC[C@H]2c2ncc(Cc3ccc(F)cc3)o2)n1. The Morgan fingerprint density at radius 3 is 2.76 bits per heavy atom. The van der Waals surface area contributed by atoms with Crippen molar-refractivity contribution in [1.29, 1.82) is 0 Å². The zero-order valence-electron chi connectivity index (χ0n) is 16.8. The van der Waals surface area contributed by atoms with Crippen molar-refractivity contribution in [3.63, 3.8) is 0 Å². The summed E-state index contributed by atoms with van der Waals surface area (Å²) in [5.41, 5.74) is 2.83. The Hall–Kier alpha value is -2.96. The molecular formula is C22H25FN4O2. The molecule has 0 radical (unpaired) electrons. The largest absolute Gasteiger partial charge is 0.443 e. The Morgan fingerprint density at radius 2 is 2.03 bits per heavy atom. The van der Waals surface area contributed by atoms with Gasteiger partial charge in [-0.3, -0.25) is 9.48 Å². The van der Waals surface area contributed by atoms with Gasteiger partial charge in [0.25, 0.3) is 0 Å². The van der Waals surface area contributed by atoms with Crippen LogP contribution in [0, 0.1) is 19.7 Å². The molecule has 4 rings (SSSR count). The maximum Gasteiger partial charge on any atom is 0.244 e. The average molecular weight is 396 g/mol. The normalized spacial score (nSPS) is 16.9. The minimum Gasteiger partial charge on any atom is -0.443 e. The number of nitrogens with zero attached hydrogens (tertiary/aromatic N) is 4. The van der Waals surface area contributed by atoms with Gasteiger partial charge < -0.3 is 9.32 Å². The molecule has 29 heavy (non-hydrogen) atoms. The van der Waals surface area contributed by atoms with Gasteiger partial charge in [-0.1, -0.05) is 12.1 Å². The summed E-state index contributed by atoms with van der Waals surface area (Å²) >= 11 is 0. The van der Waals surface area contributed by atoms with Crippen LogP contribution in [0.3, 0.4) is 0 Å². The maximum atomic E-state index is 13.1. The van der Waals surface area contributed by atoms with E-state index in [4.69, 9.17) is 4.42 Å². The zero-order valence-corrected chi connectivity index (χ0v) is 16.8. The number of aryl methyl sites for hydroxylation is 2. The standard InChI is InChI=1S/C22H25FN4O2/c1-15-11-16(2)27(25-15)14-21(28)26-10-4-3-5-20(26)22-24-13-19(29-22)12-17-6-8-18(23)9-7-17/h6-9,11,13,20H,3-5,10,12,14H2,1-2H3/t20-/m0/s1. The van der Waals surface area contributed by atoms with Gasteiger partial charge in [0, 0.05) is 18.7 Å². The van der Waals surface area contributed by atoms with E-state index < -0.39 is 0 Å². The molecule has 1 aliphatic heterocycles. The Bertz CT molecular complexity index is 993. The first-order valence-corrected chi connectivity index (χ1v) is 9.99. The summed E-state index contributed by atoms with van der Waals surface area (Å²) in [6, 6.07) is 8.16. The second-order valence-corrected chi connectivity index (χ2v) is 7.65. The van der Waals surface area contributed by atoms with E-state index in [1.54, 1.807) is 23.0 Å². The van der Waals surface area contributed by atoms with E-state index in [1.807, 2.05) is 24.8 Å². The predicted octanol–water partition coefficient (Wildman–Crippen LogP) is 3.97. The molecule has 1 amide bonds. The first kappa shape index (κ1) is 19.4. The molecular weight excluding hydrogens is 371 g/mol. The number of amides is 1. The zero-order chi connectivity index (χ0) is 20.4. The lowest BCUT2D eigenvalue weighted by molar-refractivity contribution is -0.136. The number of benzene rings is 1. The van der Waals surface area contributed by atoms with Gasteiger partial charge >= 0.3 is 0 Å². The molecule has 0 aliphatic carbocycles. The molecule has 0 spiro atoms. The Labute approximate surface area is 169 Å². The summed E-state index contributed by atoms with van der Waals surface area (Å²) in [5, 5.41) is 4.40. The van der Waals surface area contributed by atoms with Gasteiger partial charge in [0.15, 0.2) is 0 Å². The molecule has 0 N–H and O–H groups in total. The highest BCUT2D eigenvalue weighted by molar-refractivity contribution is 5.76. The minimum atomic E-state index is -0.258. The molecule has 7 heteroatoms. The van der Waals surface area contributed by atoms with Crippen LogP contribution in [0.15, 0.2) is 40.9 Å². The third kappa shape index (κ3) is 4.39. The number of likely N-dealkylation sites (tertiary alicyclic amines) is 1. The lowest BCUT2D eigenvalue weighted by Crippen LogP contribution is -2.40. The van der Waals surface area contributed by atoms with Crippen LogP contribution in [0.5, 0.6) is 0 Å². The summed E-state index contributed by atoms with van der Waals surface area (Å²) in [4.78, 5) is 19.3. The van der Waals surface area contributed by atoms with Crippen LogP contribution in [0.4, 0.5) is 4.39 Å². The molecule has 2 aromatic heterocycles. The van der Waals surface area contributed by atoms with Gasteiger partial charge in [0.2, 0.25) is 11.8 Å². The molecule has 152 valence electrons. The topological polar surface area (TPSA) is 64.2 Å². The first-order valence-electron chi connectivity index (χ1n) is 9.99. The fraction of sp³-hybridized carbons (Fsp3) is 0.409. The summed E-state index contributed by atoms with van der Waals surface area (Å²) in [7, 11) is 0. The number of rotatable bonds is 5. The number of halogens is 1. The first-order chi connectivity index (χ1) is 14.0. The number of aromatic nitrogens is 3. The quantitative estimate of drug-likeness (QED) is 0.655. The molecule has 1 aromatic carbocycles. The van der Waals surface area contributed by atoms with Crippen molar-refractivity contribution >= 4 is 5.91 Å². The van der Waals surface area contributed by atoms with E-state index >= 15 is 0 Å². The third-order valence-electron chi connectivity index (χ3n) is 5.36. The summed E-state index contributed by atoms with van der Waals surface area (Å²) in [6.45, 7) is 4.79. The van der Waals surface area contributed by atoms with Crippen LogP contribution >= 0.6 is 0 Å². The monoisotopic (exact) mass is 396 g/mol. The van der Waals surface area contributed by atoms with E-state index in [2.05, 4.69) is 10.1 Å². The second kappa shape index (κ2) is 8.19. The van der Waals surface area contributed by atoms with Crippen LogP contribution in [-0.4, -0.2) is 32.1 Å². The fourth-order valence-corrected chi connectivity index (χ4v) is 3.90. The maximum absolute atomic E-state index is 13.1. The number of carbonyl (C=O) groups is 1. The van der Waals surface area contributed by atoms with Gasteiger partial charge in [-0.25, -0.2) is 9.37 Å². The van der Waals surface area contributed by atoms with E-state index in [1.165, 1.54) is 12.1 Å². The van der Waals surface area contributed by atoms with Gasteiger partial charge in [-0.05, 0) is 56.9 Å². The molecule has 3 heterocycles. The lowest BCUT2D eigenvalue weighted by atomic mass is 10.0. The predicted molar refractivity (Wildman–Crippen MR) is 106 cm³/mol. The van der Waals surface area contributed by atoms with Crippen molar-refractivity contribution in [2.75, 3.05) is 6.54 Å². The Kier molecular flexibility index (Phi) is 5.47. The molecule has 1 atom stereocenters. The van der Waals surface area contributed by atoms with Gasteiger partial charge in [0.1, 0.15) is 24.2 Å². The molecule has 0 bridgehead atoms. The number of piperidine rings is 1. The van der Waals surface area contributed by atoms with Crippen molar-refractivity contribution in [1.82, 2.24) is 19.7 Å². The third-order valence-corrected chi connectivity index (χ3v) is 5.36. The van der Waals surface area contributed by atoms with Crippen molar-refractivity contribution < 1.29 is 13.6 Å². The van der Waals surface area contributed by atoms with E-state index in [9.17, 15) is 9.18 Å². The van der Waals surface area contributed by atoms with Gasteiger partial charge in [-0.2, -0.15) is 5.10 Å². The van der Waals surface area contributed by atoms with E-state index in [0.29, 0.717) is 24.6 Å². The Morgan fingerprint density at radius 1 is 1.24 bits per heavy atom. The van der Waals surface area contributed by atoms with Crippen LogP contribution in [0.25, 0.3) is 0 Å². The van der Waals surface area contributed by atoms with E-state index in [-0.39, 0.29) is 24.3 Å². The highest BCUT2D eigenvalue weighted by Crippen LogP contribution is 2.31. The van der Waals surface area contributed by atoms with Crippen LogP contribution < -0.4 is 0 Å². The highest BCUT2D eigenvalue weighted by atomic mass is 19.1. The molecule has 0 saturated carbocycles. The number of hydrogen-bond donors (Lipinski definition) is 0. The molecule has 3 aromatic rings. The minimum absolute atomic E-state index is 0.0270. The second-order valence-electron chi connectivity index (χ2n) is 7.65. The fourth-order valence-electron chi connectivity index (χ4n) is 3.90. The van der Waals surface area contributed by atoms with Crippen molar-refractivity contribution in [2.45, 2.75) is 52.1 Å². The van der Waals surface area contributed by atoms with E-state index in [0.717, 1.165) is 36.2 Å². The lowest BCUT2D eigenvalue weighted by Gasteiger charge is -2.33. The van der Waals surface area contributed by atoms with Crippen LogP contribution in [0.1, 0.15) is 53.9 Å². The van der Waals surface area contributed by atoms with Crippen molar-refractivity contribution in [3.05, 3.63) is 70.9 Å². The summed E-state index contributed by atoms with van der Waals surface area (Å²) in [5.74, 6) is 1.05. The Balaban J connectivity index is 1.48. The van der Waals surface area contributed by atoms with Crippen LogP contribution in [-0.2, 0) is 17.8 Å². The molecule has 6 nitrogen and oxygen atoms in total. The smallest absolute Gasteiger partial charge is 0.244 e. The number of hydrogen-bond acceptors (Lipinski definition) is 4.